The number of aromatic nitrogens is 2. The Morgan fingerprint density at radius 1 is 1.40 bits per heavy atom. The first-order valence-corrected chi connectivity index (χ1v) is 9.09. The van der Waals surface area contributed by atoms with Crippen molar-refractivity contribution in [2.45, 2.75) is 26.3 Å². The highest BCUT2D eigenvalue weighted by molar-refractivity contribution is 7.11. The van der Waals surface area contributed by atoms with E-state index in [2.05, 4.69) is 20.5 Å². The molecule has 130 valence electrons. The predicted octanol–water partition coefficient (Wildman–Crippen LogP) is 3.86. The number of allylic oxidation sites excluding steroid dienone is 1. The monoisotopic (exact) mass is 396 g/mol. The van der Waals surface area contributed by atoms with E-state index in [1.54, 1.807) is 24.6 Å². The van der Waals surface area contributed by atoms with Crippen molar-refractivity contribution in [1.82, 2.24) is 15.5 Å². The molecule has 1 unspecified atom stereocenters. The fourth-order valence-corrected chi connectivity index (χ4v) is 3.96. The van der Waals surface area contributed by atoms with E-state index in [-0.39, 0.29) is 5.57 Å². The van der Waals surface area contributed by atoms with E-state index in [0.717, 1.165) is 5.56 Å². The van der Waals surface area contributed by atoms with Gasteiger partial charge in [-0.05, 0) is 25.0 Å². The average molecular weight is 397 g/mol. The van der Waals surface area contributed by atoms with Gasteiger partial charge >= 0.3 is 5.97 Å². The number of carboxylic acids is 1. The summed E-state index contributed by atoms with van der Waals surface area (Å²) in [4.78, 5) is 16.4. The van der Waals surface area contributed by atoms with Gasteiger partial charge in [-0.2, -0.15) is 0 Å². The van der Waals surface area contributed by atoms with E-state index in [1.165, 1.54) is 11.3 Å². The van der Waals surface area contributed by atoms with Crippen LogP contribution in [0.3, 0.4) is 0 Å². The lowest BCUT2D eigenvalue weighted by Crippen LogP contribution is -2.32. The highest BCUT2D eigenvalue weighted by Crippen LogP contribution is 2.39. The number of hydrogen-bond acceptors (Lipinski definition) is 6. The number of carboxylic acid groups (broad SMARTS) is 1. The number of aliphatic carboxylic acids is 1. The molecule has 1 aliphatic rings. The van der Waals surface area contributed by atoms with Crippen molar-refractivity contribution in [3.8, 4) is 0 Å². The molecule has 2 aromatic rings. The zero-order valence-electron chi connectivity index (χ0n) is 13.4. The molecule has 3 rings (SSSR count). The number of nitrogens with one attached hydrogen (secondary N) is 1. The zero-order valence-corrected chi connectivity index (χ0v) is 15.7. The minimum absolute atomic E-state index is 0.138. The number of benzene rings is 1. The largest absolute Gasteiger partial charge is 0.478 e. The first-order valence-electron chi connectivity index (χ1n) is 7.46. The van der Waals surface area contributed by atoms with Crippen LogP contribution >= 0.6 is 34.5 Å². The Kier molecular flexibility index (Phi) is 5.08. The molecule has 1 atom stereocenters. The molecule has 0 fully saturated rings. The van der Waals surface area contributed by atoms with Gasteiger partial charge in [0.15, 0.2) is 10.8 Å². The lowest BCUT2D eigenvalue weighted by molar-refractivity contribution is -0.133. The Labute approximate surface area is 158 Å². The van der Waals surface area contributed by atoms with Gasteiger partial charge in [0.1, 0.15) is 11.6 Å². The Morgan fingerprint density at radius 2 is 2.16 bits per heavy atom. The van der Waals surface area contributed by atoms with Crippen LogP contribution < -0.4 is 5.32 Å². The molecule has 0 amide bonds. The highest BCUT2D eigenvalue weighted by Gasteiger charge is 2.32. The number of amidine groups is 1. The Hall–Kier alpha value is -1.96. The second kappa shape index (κ2) is 7.11. The van der Waals surface area contributed by atoms with Crippen molar-refractivity contribution in [2.24, 2.45) is 4.99 Å². The summed E-state index contributed by atoms with van der Waals surface area (Å²) in [5.74, 6) is -0.585. The number of rotatable bonds is 4. The molecule has 0 saturated carbocycles. The number of hydrogen-bond donors (Lipinski definition) is 2. The maximum absolute atomic E-state index is 11.8. The number of nitrogens with zero attached hydrogens (tertiary/aromatic N) is 3. The van der Waals surface area contributed by atoms with Crippen LogP contribution in [0.25, 0.3) is 0 Å². The molecule has 0 aliphatic carbocycles. The maximum atomic E-state index is 11.8. The number of halogens is 2. The molecule has 0 saturated heterocycles. The van der Waals surface area contributed by atoms with Crippen LogP contribution in [-0.2, 0) is 11.2 Å². The van der Waals surface area contributed by atoms with Gasteiger partial charge in [-0.1, -0.05) is 47.5 Å². The molecule has 9 heteroatoms. The quantitative estimate of drug-likeness (QED) is 0.818. The van der Waals surface area contributed by atoms with Gasteiger partial charge in [0, 0.05) is 16.3 Å². The first kappa shape index (κ1) is 17.8. The second-order valence-corrected chi connectivity index (χ2v) is 6.99. The summed E-state index contributed by atoms with van der Waals surface area (Å²) in [6, 6.07) is 2.68. The Balaban J connectivity index is 2.18. The molecule has 0 radical (unpaired) electrons. The van der Waals surface area contributed by atoms with Crippen LogP contribution in [-0.4, -0.2) is 27.1 Å². The third-order valence-electron chi connectivity index (χ3n) is 3.90. The molecule has 1 aliphatic heterocycles. The van der Waals surface area contributed by atoms with Crippen LogP contribution in [0.5, 0.6) is 0 Å². The van der Waals surface area contributed by atoms with E-state index in [4.69, 9.17) is 23.2 Å². The van der Waals surface area contributed by atoms with Gasteiger partial charge in [0.05, 0.1) is 10.6 Å². The zero-order chi connectivity index (χ0) is 18.1. The topological polar surface area (TPSA) is 87.5 Å². The summed E-state index contributed by atoms with van der Waals surface area (Å²) in [5.41, 5.74) is 3.59. The van der Waals surface area contributed by atoms with Gasteiger partial charge in [0.25, 0.3) is 0 Å². The highest BCUT2D eigenvalue weighted by atomic mass is 35.5. The molecule has 0 bridgehead atoms. The molecule has 25 heavy (non-hydrogen) atoms. The molecular weight excluding hydrogens is 383 g/mol. The van der Waals surface area contributed by atoms with Crippen LogP contribution in [0.4, 0.5) is 0 Å². The van der Waals surface area contributed by atoms with Gasteiger partial charge in [0.2, 0.25) is 0 Å². The normalized spacial score (nSPS) is 17.3. The summed E-state index contributed by atoms with van der Waals surface area (Å²) in [6.07, 6.45) is 0.633. The molecular formula is C16H14Cl2N4O2S. The van der Waals surface area contributed by atoms with Gasteiger partial charge < -0.3 is 10.4 Å². The smallest absolute Gasteiger partial charge is 0.335 e. The summed E-state index contributed by atoms with van der Waals surface area (Å²) in [7, 11) is 0. The molecule has 0 spiro atoms. The van der Waals surface area contributed by atoms with Crippen molar-refractivity contribution in [2.75, 3.05) is 0 Å². The van der Waals surface area contributed by atoms with E-state index < -0.39 is 12.0 Å². The lowest BCUT2D eigenvalue weighted by atomic mass is 9.94. The van der Waals surface area contributed by atoms with Crippen molar-refractivity contribution in [3.05, 3.63) is 55.1 Å². The summed E-state index contributed by atoms with van der Waals surface area (Å²) in [6.45, 7) is 3.63. The molecule has 6 nitrogen and oxygen atoms in total. The van der Waals surface area contributed by atoms with Crippen LogP contribution in [0.2, 0.25) is 10.0 Å². The summed E-state index contributed by atoms with van der Waals surface area (Å²) in [5, 5.41) is 22.0. The molecule has 1 aromatic carbocycles. The van der Waals surface area contributed by atoms with E-state index >= 15 is 0 Å². The van der Waals surface area contributed by atoms with Gasteiger partial charge in [-0.15, -0.1) is 10.2 Å². The summed E-state index contributed by atoms with van der Waals surface area (Å²) < 4.78 is 0. The minimum atomic E-state index is -1.06. The van der Waals surface area contributed by atoms with Gasteiger partial charge in [-0.25, -0.2) is 4.79 Å². The third-order valence-corrected chi connectivity index (χ3v) is 5.40. The van der Waals surface area contributed by atoms with Crippen molar-refractivity contribution in [3.63, 3.8) is 0 Å². The lowest BCUT2D eigenvalue weighted by Gasteiger charge is -2.25. The first-order chi connectivity index (χ1) is 11.9. The Morgan fingerprint density at radius 3 is 2.76 bits per heavy atom. The van der Waals surface area contributed by atoms with Crippen molar-refractivity contribution in [1.29, 1.82) is 0 Å². The fourth-order valence-electron chi connectivity index (χ4n) is 2.71. The van der Waals surface area contributed by atoms with Crippen molar-refractivity contribution < 1.29 is 9.90 Å². The summed E-state index contributed by atoms with van der Waals surface area (Å²) >= 11 is 14.0. The van der Waals surface area contributed by atoms with Crippen LogP contribution in [0.15, 0.2) is 33.9 Å². The molecule has 2 N–H and O–H groups in total. The molecule has 1 aromatic heterocycles. The fraction of sp³-hybridized carbons (Fsp3) is 0.250. The number of aliphatic imine (C=N–C) groups is 1. The predicted molar refractivity (Wildman–Crippen MR) is 98.5 cm³/mol. The SMILES string of the molecule is CCc1c(Cl)ccc(C2N=C(c3nncs3)NC(C)=C2C(=O)O)c1Cl. The van der Waals surface area contributed by atoms with Crippen molar-refractivity contribution >= 4 is 46.3 Å². The number of carbonyl (C=O) groups is 1. The standard InChI is InChI=1S/C16H14Cl2N4O2S/c1-3-8-10(17)5-4-9(12(8)18)13-11(16(23)24)7(2)20-14(21-13)15-22-19-6-25-15/h4-6,13H,3H2,1-2H3,(H,20,21)(H,23,24). The van der Waals surface area contributed by atoms with Crippen LogP contribution in [0.1, 0.15) is 36.0 Å². The average Bonchev–Trinajstić information content (AvgIpc) is 3.08. The second-order valence-electron chi connectivity index (χ2n) is 5.38. The third kappa shape index (κ3) is 3.27. The minimum Gasteiger partial charge on any atom is -0.478 e. The van der Waals surface area contributed by atoms with E-state index in [9.17, 15) is 9.90 Å². The van der Waals surface area contributed by atoms with Crippen LogP contribution in [0, 0.1) is 0 Å². The van der Waals surface area contributed by atoms with E-state index in [1.807, 2.05) is 6.92 Å². The maximum Gasteiger partial charge on any atom is 0.335 e. The molecule has 2 heterocycles. The van der Waals surface area contributed by atoms with E-state index in [0.29, 0.717) is 38.6 Å². The van der Waals surface area contributed by atoms with Gasteiger partial charge in [-0.3, -0.25) is 4.99 Å². The Bertz CT molecular complexity index is 894.